The van der Waals surface area contributed by atoms with Crippen LogP contribution in [0.5, 0.6) is 0 Å². The van der Waals surface area contributed by atoms with Crippen LogP contribution in [0.1, 0.15) is 13.3 Å². The Balaban J connectivity index is 1.97. The molecule has 1 aromatic heterocycles. The van der Waals surface area contributed by atoms with Crippen LogP contribution in [-0.2, 0) is 0 Å². The molecule has 2 atom stereocenters. The van der Waals surface area contributed by atoms with Crippen LogP contribution in [0.25, 0.3) is 0 Å². The molecule has 0 radical (unpaired) electrons. The Morgan fingerprint density at radius 1 is 1.60 bits per heavy atom. The average Bonchev–Trinajstić information content (AvgIpc) is 2.91. The van der Waals surface area contributed by atoms with Crippen molar-refractivity contribution >= 4 is 29.2 Å². The molecule has 82 valence electrons. The molecule has 1 saturated carbocycles. The molecule has 3 nitrogen and oxygen atoms in total. The maximum absolute atomic E-state index is 5.88. The summed E-state index contributed by atoms with van der Waals surface area (Å²) < 4.78 is 0. The highest BCUT2D eigenvalue weighted by Crippen LogP contribution is 2.37. The second-order valence-corrected chi connectivity index (χ2v) is 5.08. The van der Waals surface area contributed by atoms with E-state index in [1.807, 2.05) is 6.26 Å². The quantitative estimate of drug-likeness (QED) is 0.501. The van der Waals surface area contributed by atoms with Crippen LogP contribution in [0.4, 0.5) is 5.82 Å². The van der Waals surface area contributed by atoms with Crippen molar-refractivity contribution in [1.29, 1.82) is 0 Å². The standard InChI is InChI=1S/C10H14ClN3S/c1-6-3-7(6)5-12-9-4-8(11)13-10(14-9)15-2/h4,6-7H,3,5H2,1-2H3,(H,12,13,14). The summed E-state index contributed by atoms with van der Waals surface area (Å²) in [5.74, 6) is 2.49. The van der Waals surface area contributed by atoms with Crippen LogP contribution in [0.2, 0.25) is 5.15 Å². The van der Waals surface area contributed by atoms with Gasteiger partial charge in [0.25, 0.3) is 0 Å². The molecule has 0 amide bonds. The summed E-state index contributed by atoms with van der Waals surface area (Å²) in [5.41, 5.74) is 0. The molecular formula is C10H14ClN3S. The molecule has 15 heavy (non-hydrogen) atoms. The summed E-state index contributed by atoms with van der Waals surface area (Å²) in [5, 5.41) is 4.52. The third kappa shape index (κ3) is 2.98. The molecular weight excluding hydrogens is 230 g/mol. The van der Waals surface area contributed by atoms with Gasteiger partial charge in [-0.05, 0) is 24.5 Å². The van der Waals surface area contributed by atoms with Crippen LogP contribution in [-0.4, -0.2) is 22.8 Å². The Hall–Kier alpha value is -0.480. The van der Waals surface area contributed by atoms with Crippen molar-refractivity contribution in [2.45, 2.75) is 18.5 Å². The van der Waals surface area contributed by atoms with Gasteiger partial charge >= 0.3 is 0 Å². The van der Waals surface area contributed by atoms with E-state index >= 15 is 0 Å². The number of halogens is 1. The fraction of sp³-hybridized carbons (Fsp3) is 0.600. The van der Waals surface area contributed by atoms with Crippen molar-refractivity contribution in [3.63, 3.8) is 0 Å². The lowest BCUT2D eigenvalue weighted by molar-refractivity contribution is 0.781. The van der Waals surface area contributed by atoms with Crippen LogP contribution >= 0.6 is 23.4 Å². The summed E-state index contributed by atoms with van der Waals surface area (Å²) in [6, 6.07) is 1.77. The maximum atomic E-state index is 5.88. The van der Waals surface area contributed by atoms with E-state index in [-0.39, 0.29) is 0 Å². The largest absolute Gasteiger partial charge is 0.370 e. The molecule has 0 bridgehead atoms. The van der Waals surface area contributed by atoms with E-state index in [2.05, 4.69) is 22.2 Å². The molecule has 2 rings (SSSR count). The Morgan fingerprint density at radius 3 is 2.93 bits per heavy atom. The molecule has 1 aromatic rings. The molecule has 0 aromatic carbocycles. The summed E-state index contributed by atoms with van der Waals surface area (Å²) in [4.78, 5) is 8.42. The van der Waals surface area contributed by atoms with Gasteiger partial charge in [0.2, 0.25) is 0 Å². The number of hydrogen-bond donors (Lipinski definition) is 1. The summed E-state index contributed by atoms with van der Waals surface area (Å²) in [7, 11) is 0. The predicted molar refractivity (Wildman–Crippen MR) is 64.6 cm³/mol. The summed E-state index contributed by atoms with van der Waals surface area (Å²) in [6.07, 6.45) is 3.26. The van der Waals surface area contributed by atoms with Crippen molar-refractivity contribution in [1.82, 2.24) is 9.97 Å². The van der Waals surface area contributed by atoms with Gasteiger partial charge in [-0.1, -0.05) is 30.3 Å². The minimum absolute atomic E-state index is 0.501. The summed E-state index contributed by atoms with van der Waals surface area (Å²) in [6.45, 7) is 3.26. The zero-order valence-corrected chi connectivity index (χ0v) is 10.4. The van der Waals surface area contributed by atoms with Gasteiger partial charge in [0.05, 0.1) is 0 Å². The van der Waals surface area contributed by atoms with E-state index < -0.39 is 0 Å². The molecule has 1 fully saturated rings. The number of rotatable bonds is 4. The van der Waals surface area contributed by atoms with Gasteiger partial charge in [0, 0.05) is 12.6 Å². The first kappa shape index (κ1) is 11.0. The molecule has 0 spiro atoms. The lowest BCUT2D eigenvalue weighted by Crippen LogP contribution is -2.06. The lowest BCUT2D eigenvalue weighted by Gasteiger charge is -2.06. The van der Waals surface area contributed by atoms with Crippen LogP contribution in [0.15, 0.2) is 11.2 Å². The zero-order chi connectivity index (χ0) is 10.8. The van der Waals surface area contributed by atoms with E-state index in [0.29, 0.717) is 10.3 Å². The third-order valence-corrected chi connectivity index (χ3v) is 3.42. The zero-order valence-electron chi connectivity index (χ0n) is 8.83. The van der Waals surface area contributed by atoms with Crippen molar-refractivity contribution in [2.24, 2.45) is 11.8 Å². The highest BCUT2D eigenvalue weighted by Gasteiger charge is 2.31. The lowest BCUT2D eigenvalue weighted by atomic mass is 10.3. The minimum atomic E-state index is 0.501. The second-order valence-electron chi connectivity index (χ2n) is 3.92. The Kier molecular flexibility index (Phi) is 3.36. The van der Waals surface area contributed by atoms with Gasteiger partial charge in [-0.3, -0.25) is 0 Å². The van der Waals surface area contributed by atoms with Crippen molar-refractivity contribution in [3.05, 3.63) is 11.2 Å². The molecule has 1 aliphatic rings. The molecule has 5 heteroatoms. The highest BCUT2D eigenvalue weighted by atomic mass is 35.5. The number of nitrogens with zero attached hydrogens (tertiary/aromatic N) is 2. The first-order chi connectivity index (χ1) is 7.19. The molecule has 2 unspecified atom stereocenters. The Labute approximate surface area is 99.0 Å². The fourth-order valence-corrected chi connectivity index (χ4v) is 2.11. The molecule has 1 aliphatic carbocycles. The van der Waals surface area contributed by atoms with Crippen molar-refractivity contribution in [2.75, 3.05) is 18.1 Å². The van der Waals surface area contributed by atoms with E-state index in [1.54, 1.807) is 6.07 Å². The number of thioether (sulfide) groups is 1. The van der Waals surface area contributed by atoms with Gasteiger partial charge < -0.3 is 5.32 Å². The monoisotopic (exact) mass is 243 g/mol. The van der Waals surface area contributed by atoms with Crippen molar-refractivity contribution < 1.29 is 0 Å². The van der Waals surface area contributed by atoms with Gasteiger partial charge in [0.15, 0.2) is 5.16 Å². The Morgan fingerprint density at radius 2 is 2.33 bits per heavy atom. The average molecular weight is 244 g/mol. The van der Waals surface area contributed by atoms with Crippen molar-refractivity contribution in [3.8, 4) is 0 Å². The van der Waals surface area contributed by atoms with Crippen LogP contribution in [0, 0.1) is 11.8 Å². The fourth-order valence-electron chi connectivity index (χ4n) is 1.50. The topological polar surface area (TPSA) is 37.8 Å². The van der Waals surface area contributed by atoms with Crippen LogP contribution < -0.4 is 5.32 Å². The second kappa shape index (κ2) is 4.58. The van der Waals surface area contributed by atoms with E-state index in [9.17, 15) is 0 Å². The first-order valence-corrected chi connectivity index (χ1v) is 6.61. The van der Waals surface area contributed by atoms with Gasteiger partial charge in [-0.2, -0.15) is 0 Å². The molecule has 1 heterocycles. The normalized spacial score (nSPS) is 23.9. The summed E-state index contributed by atoms with van der Waals surface area (Å²) >= 11 is 7.38. The van der Waals surface area contributed by atoms with Gasteiger partial charge in [0.1, 0.15) is 11.0 Å². The van der Waals surface area contributed by atoms with E-state index in [0.717, 1.165) is 24.2 Å². The van der Waals surface area contributed by atoms with E-state index in [1.165, 1.54) is 18.2 Å². The van der Waals surface area contributed by atoms with Gasteiger partial charge in [-0.25, -0.2) is 9.97 Å². The Bertz CT molecular complexity index is 359. The SMILES string of the molecule is CSc1nc(Cl)cc(NCC2CC2C)n1. The van der Waals surface area contributed by atoms with Crippen LogP contribution in [0.3, 0.4) is 0 Å². The smallest absolute Gasteiger partial charge is 0.190 e. The predicted octanol–water partition coefficient (Wildman–Crippen LogP) is 2.92. The maximum Gasteiger partial charge on any atom is 0.190 e. The number of nitrogens with one attached hydrogen (secondary N) is 1. The number of hydrogen-bond acceptors (Lipinski definition) is 4. The first-order valence-electron chi connectivity index (χ1n) is 5.01. The van der Waals surface area contributed by atoms with E-state index in [4.69, 9.17) is 11.6 Å². The molecule has 0 aliphatic heterocycles. The van der Waals surface area contributed by atoms with Gasteiger partial charge in [-0.15, -0.1) is 0 Å². The minimum Gasteiger partial charge on any atom is -0.370 e. The molecule has 1 N–H and O–H groups in total. The number of anilines is 1. The highest BCUT2D eigenvalue weighted by molar-refractivity contribution is 7.98. The molecule has 0 saturated heterocycles. The third-order valence-electron chi connectivity index (χ3n) is 2.68. The number of aromatic nitrogens is 2.